The Hall–Kier alpha value is -1.56. The van der Waals surface area contributed by atoms with Gasteiger partial charge in [0.1, 0.15) is 12.4 Å². The summed E-state index contributed by atoms with van der Waals surface area (Å²) in [4.78, 5) is 10.7. The first-order valence-corrected chi connectivity index (χ1v) is 8.32. The maximum atomic E-state index is 11.8. The first-order valence-electron chi connectivity index (χ1n) is 6.50. The molecule has 0 aliphatic rings. The lowest BCUT2D eigenvalue weighted by Gasteiger charge is -2.10. The molecule has 1 rings (SSSR count). The van der Waals surface area contributed by atoms with Crippen LogP contribution in [0, 0.1) is 5.92 Å². The third kappa shape index (κ3) is 5.61. The van der Waals surface area contributed by atoms with Crippen molar-refractivity contribution in [2.45, 2.75) is 20.3 Å². The van der Waals surface area contributed by atoms with Gasteiger partial charge in [-0.15, -0.1) is 0 Å². The van der Waals surface area contributed by atoms with E-state index >= 15 is 0 Å². The van der Waals surface area contributed by atoms with Crippen LogP contribution in [0.15, 0.2) is 24.3 Å². The second kappa shape index (κ2) is 7.28. The van der Waals surface area contributed by atoms with Crippen molar-refractivity contribution in [2.75, 3.05) is 18.1 Å². The smallest absolute Gasteiger partial charge is 0.335 e. The summed E-state index contributed by atoms with van der Waals surface area (Å²) < 4.78 is 28.9. The summed E-state index contributed by atoms with van der Waals surface area (Å²) in [7, 11) is -3.10. The molecule has 1 aromatic carbocycles. The zero-order valence-electron chi connectivity index (χ0n) is 11.7. The van der Waals surface area contributed by atoms with E-state index in [4.69, 9.17) is 9.84 Å². The molecule has 6 heteroatoms. The Bertz CT molecular complexity index is 533. The summed E-state index contributed by atoms with van der Waals surface area (Å²) in [6.45, 7) is 3.94. The van der Waals surface area contributed by atoms with Gasteiger partial charge in [-0.2, -0.15) is 0 Å². The minimum absolute atomic E-state index is 0.0297. The van der Waals surface area contributed by atoms with Crippen molar-refractivity contribution in [1.29, 1.82) is 0 Å². The molecule has 20 heavy (non-hydrogen) atoms. The number of ether oxygens (including phenoxy) is 1. The monoisotopic (exact) mass is 300 g/mol. The molecule has 0 aliphatic carbocycles. The zero-order valence-corrected chi connectivity index (χ0v) is 12.5. The third-order valence-electron chi connectivity index (χ3n) is 3.00. The lowest BCUT2D eigenvalue weighted by molar-refractivity contribution is 0.0697. The predicted molar refractivity (Wildman–Crippen MR) is 77.0 cm³/mol. The van der Waals surface area contributed by atoms with Crippen LogP contribution in [0.5, 0.6) is 5.75 Å². The maximum Gasteiger partial charge on any atom is 0.335 e. The summed E-state index contributed by atoms with van der Waals surface area (Å²) in [5.74, 6) is -0.251. The Balaban J connectivity index is 2.46. The normalized spacial score (nSPS) is 12.9. The summed E-state index contributed by atoms with van der Waals surface area (Å²) in [6.07, 6.45) is 0.830. The van der Waals surface area contributed by atoms with Gasteiger partial charge < -0.3 is 9.84 Å². The molecule has 1 aromatic rings. The SMILES string of the molecule is CCC(C)CS(=O)(=O)CCOc1ccc(C(=O)O)cc1. The van der Waals surface area contributed by atoms with Gasteiger partial charge in [-0.3, -0.25) is 0 Å². The zero-order chi connectivity index (χ0) is 15.2. The summed E-state index contributed by atoms with van der Waals surface area (Å²) >= 11 is 0. The molecule has 1 unspecified atom stereocenters. The molecule has 1 atom stereocenters. The largest absolute Gasteiger partial charge is 0.493 e. The highest BCUT2D eigenvalue weighted by atomic mass is 32.2. The van der Waals surface area contributed by atoms with Crippen LogP contribution in [0.1, 0.15) is 30.6 Å². The van der Waals surface area contributed by atoms with E-state index in [1.54, 1.807) is 0 Å². The minimum atomic E-state index is -3.10. The molecule has 0 aromatic heterocycles. The number of sulfone groups is 1. The molecule has 0 bridgehead atoms. The average Bonchev–Trinajstić information content (AvgIpc) is 2.38. The van der Waals surface area contributed by atoms with E-state index in [1.807, 2.05) is 13.8 Å². The first-order chi connectivity index (χ1) is 9.34. The van der Waals surface area contributed by atoms with Gasteiger partial charge in [0, 0.05) is 0 Å². The van der Waals surface area contributed by atoms with Gasteiger partial charge >= 0.3 is 5.97 Å². The Kier molecular flexibility index (Phi) is 6.01. The van der Waals surface area contributed by atoms with Gasteiger partial charge in [-0.05, 0) is 30.2 Å². The second-order valence-electron chi connectivity index (χ2n) is 4.81. The number of carbonyl (C=O) groups is 1. The average molecular weight is 300 g/mol. The molecule has 1 N–H and O–H groups in total. The van der Waals surface area contributed by atoms with Gasteiger partial charge in [0.25, 0.3) is 0 Å². The molecule has 0 heterocycles. The van der Waals surface area contributed by atoms with Crippen molar-refractivity contribution in [3.8, 4) is 5.75 Å². The van der Waals surface area contributed by atoms with E-state index in [2.05, 4.69) is 0 Å². The van der Waals surface area contributed by atoms with E-state index in [1.165, 1.54) is 24.3 Å². The standard InChI is InChI=1S/C14H20O5S/c1-3-11(2)10-20(17,18)9-8-19-13-6-4-12(5-7-13)14(15)16/h4-7,11H,3,8-10H2,1-2H3,(H,15,16). The minimum Gasteiger partial charge on any atom is -0.493 e. The molecule has 0 amide bonds. The summed E-state index contributed by atoms with van der Waals surface area (Å²) in [5.41, 5.74) is 0.168. The van der Waals surface area contributed by atoms with E-state index in [0.29, 0.717) is 5.75 Å². The molecule has 0 saturated heterocycles. The van der Waals surface area contributed by atoms with Gasteiger partial charge in [-0.25, -0.2) is 13.2 Å². The fourth-order valence-electron chi connectivity index (χ4n) is 1.61. The number of hydrogen-bond donors (Lipinski definition) is 1. The predicted octanol–water partition coefficient (Wildman–Crippen LogP) is 2.22. The Labute approximate surface area is 119 Å². The van der Waals surface area contributed by atoms with Gasteiger partial charge in [0.2, 0.25) is 0 Å². The van der Waals surface area contributed by atoms with Crippen LogP contribution >= 0.6 is 0 Å². The molecule has 0 spiro atoms. The Morgan fingerprint density at radius 1 is 1.30 bits per heavy atom. The number of aromatic carboxylic acids is 1. The van der Waals surface area contributed by atoms with E-state index in [9.17, 15) is 13.2 Å². The molecule has 0 aliphatic heterocycles. The maximum absolute atomic E-state index is 11.8. The lowest BCUT2D eigenvalue weighted by Crippen LogP contribution is -2.20. The highest BCUT2D eigenvalue weighted by Gasteiger charge is 2.15. The molecule has 112 valence electrons. The first kappa shape index (κ1) is 16.5. The van der Waals surface area contributed by atoms with Crippen molar-refractivity contribution < 1.29 is 23.1 Å². The quantitative estimate of drug-likeness (QED) is 0.796. The fraction of sp³-hybridized carbons (Fsp3) is 0.500. The summed E-state index contributed by atoms with van der Waals surface area (Å²) in [6, 6.07) is 5.88. The van der Waals surface area contributed by atoms with Gasteiger partial charge in [-0.1, -0.05) is 20.3 Å². The van der Waals surface area contributed by atoms with Crippen molar-refractivity contribution in [2.24, 2.45) is 5.92 Å². The number of carboxylic acids is 1. The van der Waals surface area contributed by atoms with Crippen LogP contribution in [-0.2, 0) is 9.84 Å². The van der Waals surface area contributed by atoms with Crippen LogP contribution < -0.4 is 4.74 Å². The molecular weight excluding hydrogens is 280 g/mol. The summed E-state index contributed by atoms with van der Waals surface area (Å²) in [5, 5.41) is 8.75. The van der Waals surface area contributed by atoms with Crippen molar-refractivity contribution in [1.82, 2.24) is 0 Å². The Morgan fingerprint density at radius 3 is 2.40 bits per heavy atom. The second-order valence-corrected chi connectivity index (χ2v) is 7.03. The Morgan fingerprint density at radius 2 is 1.90 bits per heavy atom. The van der Waals surface area contributed by atoms with E-state index in [0.717, 1.165) is 6.42 Å². The molecule has 0 fully saturated rings. The number of rotatable bonds is 8. The number of benzene rings is 1. The number of carboxylic acid groups (broad SMARTS) is 1. The van der Waals surface area contributed by atoms with Crippen LogP contribution in [0.2, 0.25) is 0 Å². The van der Waals surface area contributed by atoms with Crippen LogP contribution in [0.3, 0.4) is 0 Å². The van der Waals surface area contributed by atoms with Crippen molar-refractivity contribution >= 4 is 15.8 Å². The highest BCUT2D eigenvalue weighted by Crippen LogP contribution is 2.13. The van der Waals surface area contributed by atoms with Crippen LogP contribution in [0.25, 0.3) is 0 Å². The molecule has 5 nitrogen and oxygen atoms in total. The third-order valence-corrected chi connectivity index (χ3v) is 4.87. The van der Waals surface area contributed by atoms with Gasteiger partial charge in [0.05, 0.1) is 17.1 Å². The van der Waals surface area contributed by atoms with Gasteiger partial charge in [0.15, 0.2) is 9.84 Å². The lowest BCUT2D eigenvalue weighted by atomic mass is 10.2. The molecular formula is C14H20O5S. The van der Waals surface area contributed by atoms with Crippen molar-refractivity contribution in [3.05, 3.63) is 29.8 Å². The molecule has 0 saturated carbocycles. The van der Waals surface area contributed by atoms with E-state index in [-0.39, 0.29) is 29.6 Å². The fourth-order valence-corrected chi connectivity index (χ4v) is 3.22. The van der Waals surface area contributed by atoms with Crippen LogP contribution in [-0.4, -0.2) is 37.6 Å². The number of hydrogen-bond acceptors (Lipinski definition) is 4. The molecule has 0 radical (unpaired) electrons. The van der Waals surface area contributed by atoms with E-state index < -0.39 is 15.8 Å². The van der Waals surface area contributed by atoms with Crippen LogP contribution in [0.4, 0.5) is 0 Å². The highest BCUT2D eigenvalue weighted by molar-refractivity contribution is 7.91. The topological polar surface area (TPSA) is 80.7 Å². The van der Waals surface area contributed by atoms with Crippen molar-refractivity contribution in [3.63, 3.8) is 0 Å².